The van der Waals surface area contributed by atoms with Gasteiger partial charge in [0.15, 0.2) is 0 Å². The Bertz CT molecular complexity index is 469. The van der Waals surface area contributed by atoms with Crippen LogP contribution >= 0.6 is 0 Å². The molecule has 1 rings (SSSR count). The molecule has 1 aromatic rings. The highest BCUT2D eigenvalue weighted by molar-refractivity contribution is 5.73. The number of carboxylic acids is 1. The maximum Gasteiger partial charge on any atom is 0.320 e. The number of halogens is 1. The van der Waals surface area contributed by atoms with Crippen LogP contribution in [0.15, 0.2) is 18.2 Å². The highest BCUT2D eigenvalue weighted by Crippen LogP contribution is 2.29. The maximum atomic E-state index is 12.1. The molecule has 0 fully saturated rings. The molecule has 0 saturated heterocycles. The van der Waals surface area contributed by atoms with Gasteiger partial charge in [-0.2, -0.15) is 0 Å². The largest absolute Gasteiger partial charge is 0.491 e. The highest BCUT2D eigenvalue weighted by atomic mass is 19.1. The lowest BCUT2D eigenvalue weighted by molar-refractivity contribution is -0.138. The van der Waals surface area contributed by atoms with E-state index in [9.17, 15) is 9.18 Å². The smallest absolute Gasteiger partial charge is 0.320 e. The third-order valence-electron chi connectivity index (χ3n) is 2.99. The van der Waals surface area contributed by atoms with Crippen molar-refractivity contribution < 1.29 is 19.0 Å². The summed E-state index contributed by atoms with van der Waals surface area (Å²) in [5.74, 6) is -0.511. The molecule has 0 radical (unpaired) electrons. The molecule has 112 valence electrons. The first-order valence-corrected chi connectivity index (χ1v) is 6.56. The lowest BCUT2D eigenvalue weighted by Gasteiger charge is -2.24. The second-order valence-corrected chi connectivity index (χ2v) is 5.76. The molecule has 1 atom stereocenters. The summed E-state index contributed by atoms with van der Waals surface area (Å²) in [7, 11) is 0. The quantitative estimate of drug-likeness (QED) is 0.840. The van der Waals surface area contributed by atoms with Gasteiger partial charge in [0.2, 0.25) is 0 Å². The lowest BCUT2D eigenvalue weighted by Crippen LogP contribution is -2.33. The fourth-order valence-electron chi connectivity index (χ4n) is 2.04. The Morgan fingerprint density at radius 1 is 1.45 bits per heavy atom. The summed E-state index contributed by atoms with van der Waals surface area (Å²) in [6.45, 7) is 5.55. The number of alkyl halides is 1. The Morgan fingerprint density at radius 3 is 2.60 bits per heavy atom. The van der Waals surface area contributed by atoms with Gasteiger partial charge in [-0.15, -0.1) is 0 Å². The second kappa shape index (κ2) is 6.70. The van der Waals surface area contributed by atoms with Crippen LogP contribution in [-0.4, -0.2) is 30.4 Å². The number of ether oxygens (including phenoxy) is 1. The van der Waals surface area contributed by atoms with Gasteiger partial charge in [0.05, 0.1) is 0 Å². The van der Waals surface area contributed by atoms with Crippen molar-refractivity contribution in [2.45, 2.75) is 38.6 Å². The molecule has 0 aliphatic heterocycles. The molecule has 0 bridgehead atoms. The van der Waals surface area contributed by atoms with Gasteiger partial charge < -0.3 is 15.6 Å². The van der Waals surface area contributed by atoms with Gasteiger partial charge in [-0.1, -0.05) is 26.8 Å². The third kappa shape index (κ3) is 4.49. The summed E-state index contributed by atoms with van der Waals surface area (Å²) in [5, 5.41) is 8.94. The van der Waals surface area contributed by atoms with Gasteiger partial charge in [0.1, 0.15) is 25.1 Å². The molecular formula is C15H22FNO3. The molecule has 0 aliphatic rings. The average molecular weight is 283 g/mol. The number of aliphatic carboxylic acids is 1. The summed E-state index contributed by atoms with van der Waals surface area (Å²) < 4.78 is 17.4. The number of nitrogens with two attached hydrogens (primary N) is 1. The number of rotatable bonds is 6. The van der Waals surface area contributed by atoms with E-state index in [1.165, 1.54) is 0 Å². The first-order valence-electron chi connectivity index (χ1n) is 6.56. The monoisotopic (exact) mass is 283 g/mol. The molecule has 0 aliphatic carbocycles. The Labute approximate surface area is 118 Å². The van der Waals surface area contributed by atoms with Gasteiger partial charge in [-0.3, -0.25) is 4.79 Å². The van der Waals surface area contributed by atoms with Gasteiger partial charge in [-0.05, 0) is 35.1 Å². The standard InChI is InChI=1S/C15H22FNO3/c1-15(2,3)12-5-4-11(20-7-6-16)8-10(12)9-13(17)14(18)19/h4-5,8,13H,6-7,9,17H2,1-3H3,(H,18,19). The zero-order chi connectivity index (χ0) is 15.3. The van der Waals surface area contributed by atoms with Crippen LogP contribution in [0.25, 0.3) is 0 Å². The molecule has 1 unspecified atom stereocenters. The Kier molecular flexibility index (Phi) is 5.51. The van der Waals surface area contributed by atoms with E-state index >= 15 is 0 Å². The number of carboxylic acid groups (broad SMARTS) is 1. The zero-order valence-corrected chi connectivity index (χ0v) is 12.1. The minimum Gasteiger partial charge on any atom is -0.491 e. The zero-order valence-electron chi connectivity index (χ0n) is 12.1. The van der Waals surface area contributed by atoms with Crippen molar-refractivity contribution in [1.29, 1.82) is 0 Å². The third-order valence-corrected chi connectivity index (χ3v) is 2.99. The van der Waals surface area contributed by atoms with Crippen LogP contribution < -0.4 is 10.5 Å². The highest BCUT2D eigenvalue weighted by Gasteiger charge is 2.21. The van der Waals surface area contributed by atoms with Crippen LogP contribution in [0.1, 0.15) is 31.9 Å². The van der Waals surface area contributed by atoms with E-state index in [4.69, 9.17) is 15.6 Å². The van der Waals surface area contributed by atoms with Crippen LogP contribution in [-0.2, 0) is 16.6 Å². The Hall–Kier alpha value is -1.62. The predicted molar refractivity (Wildman–Crippen MR) is 75.9 cm³/mol. The molecule has 0 saturated carbocycles. The minimum atomic E-state index is -1.04. The first-order chi connectivity index (χ1) is 9.25. The van der Waals surface area contributed by atoms with E-state index in [1.807, 2.05) is 26.8 Å². The SMILES string of the molecule is CC(C)(C)c1ccc(OCCF)cc1CC(N)C(=O)O. The Balaban J connectivity index is 3.09. The summed E-state index contributed by atoms with van der Waals surface area (Å²) in [6, 6.07) is 4.44. The average Bonchev–Trinajstić information content (AvgIpc) is 2.34. The molecule has 5 heteroatoms. The van der Waals surface area contributed by atoms with Crippen molar-refractivity contribution >= 4 is 5.97 Å². The van der Waals surface area contributed by atoms with Crippen LogP contribution in [0, 0.1) is 0 Å². The molecule has 3 N–H and O–H groups in total. The van der Waals surface area contributed by atoms with E-state index < -0.39 is 18.7 Å². The second-order valence-electron chi connectivity index (χ2n) is 5.76. The normalized spacial score (nSPS) is 13.1. The van der Waals surface area contributed by atoms with Crippen molar-refractivity contribution in [3.8, 4) is 5.75 Å². The molecular weight excluding hydrogens is 261 g/mol. The summed E-state index contributed by atoms with van der Waals surface area (Å²) in [6.07, 6.45) is 0.217. The summed E-state index contributed by atoms with van der Waals surface area (Å²) >= 11 is 0. The van der Waals surface area contributed by atoms with Crippen LogP contribution in [0.5, 0.6) is 5.75 Å². The van der Waals surface area contributed by atoms with Crippen molar-refractivity contribution in [1.82, 2.24) is 0 Å². The maximum absolute atomic E-state index is 12.1. The van der Waals surface area contributed by atoms with Crippen LogP contribution in [0.4, 0.5) is 4.39 Å². The van der Waals surface area contributed by atoms with E-state index in [0.29, 0.717) is 5.75 Å². The fourth-order valence-corrected chi connectivity index (χ4v) is 2.04. The lowest BCUT2D eigenvalue weighted by atomic mass is 9.82. The number of benzene rings is 1. The molecule has 0 spiro atoms. The van der Waals surface area contributed by atoms with E-state index in [0.717, 1.165) is 11.1 Å². The van der Waals surface area contributed by atoms with Crippen LogP contribution in [0.3, 0.4) is 0 Å². The van der Waals surface area contributed by atoms with Crippen LogP contribution in [0.2, 0.25) is 0 Å². The van der Waals surface area contributed by atoms with Crippen molar-refractivity contribution in [3.63, 3.8) is 0 Å². The predicted octanol–water partition coefficient (Wildman–Crippen LogP) is 2.29. The van der Waals surface area contributed by atoms with E-state index in [2.05, 4.69) is 0 Å². The number of hydrogen-bond acceptors (Lipinski definition) is 3. The minimum absolute atomic E-state index is 0.0146. The molecule has 1 aromatic carbocycles. The van der Waals surface area contributed by atoms with Crippen molar-refractivity contribution in [2.75, 3.05) is 13.3 Å². The van der Waals surface area contributed by atoms with Crippen molar-refractivity contribution in [3.05, 3.63) is 29.3 Å². The molecule has 4 nitrogen and oxygen atoms in total. The Morgan fingerprint density at radius 2 is 2.10 bits per heavy atom. The topological polar surface area (TPSA) is 72.5 Å². The summed E-state index contributed by atoms with van der Waals surface area (Å²) in [5.41, 5.74) is 7.32. The van der Waals surface area contributed by atoms with Gasteiger partial charge in [-0.25, -0.2) is 4.39 Å². The van der Waals surface area contributed by atoms with E-state index in [-0.39, 0.29) is 18.4 Å². The molecule has 0 amide bonds. The van der Waals surface area contributed by atoms with Gasteiger partial charge >= 0.3 is 5.97 Å². The van der Waals surface area contributed by atoms with Crippen molar-refractivity contribution in [2.24, 2.45) is 5.73 Å². The molecule has 0 aromatic heterocycles. The first kappa shape index (κ1) is 16.4. The van der Waals surface area contributed by atoms with E-state index in [1.54, 1.807) is 12.1 Å². The van der Waals surface area contributed by atoms with Gasteiger partial charge in [0.25, 0.3) is 0 Å². The number of hydrogen-bond donors (Lipinski definition) is 2. The molecule has 20 heavy (non-hydrogen) atoms. The van der Waals surface area contributed by atoms with Gasteiger partial charge in [0, 0.05) is 0 Å². The fraction of sp³-hybridized carbons (Fsp3) is 0.533. The molecule has 0 heterocycles. The summed E-state index contributed by atoms with van der Waals surface area (Å²) in [4.78, 5) is 10.9. The number of carbonyl (C=O) groups is 1.